The van der Waals surface area contributed by atoms with E-state index in [-0.39, 0.29) is 0 Å². The standard InChI is InChI=1S/C16H20ClNS/c1-3-16(13-6-8-14(17)9-7-13)18-12(2)11-15-5-4-10-19-15/h4-10,12,16,18H,3,11H2,1-2H3. The van der Waals surface area contributed by atoms with Gasteiger partial charge in [0.1, 0.15) is 0 Å². The zero-order valence-electron chi connectivity index (χ0n) is 11.4. The van der Waals surface area contributed by atoms with Crippen LogP contribution in [-0.4, -0.2) is 6.04 Å². The lowest BCUT2D eigenvalue weighted by molar-refractivity contribution is 0.445. The zero-order chi connectivity index (χ0) is 13.7. The molecule has 102 valence electrons. The van der Waals surface area contributed by atoms with Gasteiger partial charge in [0.15, 0.2) is 0 Å². The van der Waals surface area contributed by atoms with E-state index in [4.69, 9.17) is 11.6 Å². The van der Waals surface area contributed by atoms with Crippen LogP contribution in [0.5, 0.6) is 0 Å². The van der Waals surface area contributed by atoms with E-state index in [2.05, 4.69) is 48.8 Å². The van der Waals surface area contributed by atoms with Crippen LogP contribution in [0.3, 0.4) is 0 Å². The number of thiophene rings is 1. The van der Waals surface area contributed by atoms with Crippen molar-refractivity contribution in [2.24, 2.45) is 0 Å². The summed E-state index contributed by atoms with van der Waals surface area (Å²) in [6.45, 7) is 4.46. The van der Waals surface area contributed by atoms with Gasteiger partial charge in [0.2, 0.25) is 0 Å². The molecule has 0 amide bonds. The molecule has 0 saturated heterocycles. The number of halogens is 1. The molecule has 2 atom stereocenters. The van der Waals surface area contributed by atoms with Gasteiger partial charge in [-0.25, -0.2) is 0 Å². The molecule has 2 unspecified atom stereocenters. The van der Waals surface area contributed by atoms with Crippen molar-refractivity contribution in [2.45, 2.75) is 38.8 Å². The molecule has 0 aliphatic rings. The Labute approximate surface area is 124 Å². The Bertz CT molecular complexity index is 478. The van der Waals surface area contributed by atoms with Crippen molar-refractivity contribution in [3.8, 4) is 0 Å². The third-order valence-corrected chi connectivity index (χ3v) is 4.40. The fourth-order valence-corrected chi connectivity index (χ4v) is 3.24. The molecule has 1 aromatic carbocycles. The lowest BCUT2D eigenvalue weighted by Gasteiger charge is -2.22. The summed E-state index contributed by atoms with van der Waals surface area (Å²) < 4.78 is 0. The van der Waals surface area contributed by atoms with E-state index in [0.29, 0.717) is 12.1 Å². The largest absolute Gasteiger partial charge is 0.307 e. The van der Waals surface area contributed by atoms with E-state index < -0.39 is 0 Å². The molecule has 0 saturated carbocycles. The average Bonchev–Trinajstić information content (AvgIpc) is 2.90. The molecule has 2 rings (SSSR count). The normalized spacial score (nSPS) is 14.3. The molecular weight excluding hydrogens is 274 g/mol. The van der Waals surface area contributed by atoms with Crippen LogP contribution in [0.4, 0.5) is 0 Å². The van der Waals surface area contributed by atoms with E-state index in [1.807, 2.05) is 23.5 Å². The second-order valence-electron chi connectivity index (χ2n) is 4.86. The summed E-state index contributed by atoms with van der Waals surface area (Å²) in [4.78, 5) is 1.44. The zero-order valence-corrected chi connectivity index (χ0v) is 13.0. The Kier molecular flexibility index (Phi) is 5.44. The van der Waals surface area contributed by atoms with Crippen LogP contribution in [0, 0.1) is 0 Å². The Morgan fingerprint density at radius 3 is 2.53 bits per heavy atom. The molecule has 1 heterocycles. The summed E-state index contributed by atoms with van der Waals surface area (Å²) in [6.07, 6.45) is 2.16. The molecule has 0 aliphatic heterocycles. The number of benzene rings is 1. The summed E-state index contributed by atoms with van der Waals surface area (Å²) in [5.74, 6) is 0. The molecule has 2 aromatic rings. The fraction of sp³-hybridized carbons (Fsp3) is 0.375. The van der Waals surface area contributed by atoms with Gasteiger partial charge in [0.05, 0.1) is 0 Å². The summed E-state index contributed by atoms with van der Waals surface area (Å²) in [5.41, 5.74) is 1.31. The van der Waals surface area contributed by atoms with E-state index >= 15 is 0 Å². The van der Waals surface area contributed by atoms with E-state index in [9.17, 15) is 0 Å². The van der Waals surface area contributed by atoms with Crippen molar-refractivity contribution in [1.82, 2.24) is 5.32 Å². The van der Waals surface area contributed by atoms with Gasteiger partial charge >= 0.3 is 0 Å². The minimum atomic E-state index is 0.396. The number of hydrogen-bond donors (Lipinski definition) is 1. The predicted octanol–water partition coefficient (Wildman–Crippen LogP) is 5.07. The van der Waals surface area contributed by atoms with Gasteiger partial charge in [-0.15, -0.1) is 11.3 Å². The SMILES string of the molecule is CCC(NC(C)Cc1cccs1)c1ccc(Cl)cc1. The molecule has 3 heteroatoms. The first-order valence-electron chi connectivity index (χ1n) is 6.73. The van der Waals surface area contributed by atoms with Gasteiger partial charge < -0.3 is 5.32 Å². The van der Waals surface area contributed by atoms with E-state index in [1.54, 1.807) is 0 Å². The van der Waals surface area contributed by atoms with Crippen LogP contribution in [-0.2, 0) is 6.42 Å². The molecule has 0 spiro atoms. The maximum absolute atomic E-state index is 5.94. The first-order valence-corrected chi connectivity index (χ1v) is 7.98. The molecular formula is C16H20ClNS. The van der Waals surface area contributed by atoms with Crippen LogP contribution in [0.15, 0.2) is 41.8 Å². The van der Waals surface area contributed by atoms with Crippen LogP contribution in [0.1, 0.15) is 36.8 Å². The highest BCUT2D eigenvalue weighted by atomic mass is 35.5. The van der Waals surface area contributed by atoms with Crippen LogP contribution in [0.25, 0.3) is 0 Å². The molecule has 1 nitrogen and oxygen atoms in total. The highest BCUT2D eigenvalue weighted by Crippen LogP contribution is 2.21. The lowest BCUT2D eigenvalue weighted by Crippen LogP contribution is -2.31. The average molecular weight is 294 g/mol. The Morgan fingerprint density at radius 1 is 1.21 bits per heavy atom. The van der Waals surface area contributed by atoms with Crippen LogP contribution < -0.4 is 5.32 Å². The van der Waals surface area contributed by atoms with Gasteiger partial charge in [-0.05, 0) is 48.9 Å². The lowest BCUT2D eigenvalue weighted by atomic mass is 10.0. The van der Waals surface area contributed by atoms with Crippen molar-refractivity contribution in [1.29, 1.82) is 0 Å². The Balaban J connectivity index is 1.96. The first kappa shape index (κ1) is 14.6. The Morgan fingerprint density at radius 2 is 1.95 bits per heavy atom. The molecule has 0 aliphatic carbocycles. The number of rotatable bonds is 6. The Hall–Kier alpha value is -0.830. The van der Waals surface area contributed by atoms with E-state index in [1.165, 1.54) is 10.4 Å². The van der Waals surface area contributed by atoms with Crippen molar-refractivity contribution in [2.75, 3.05) is 0 Å². The molecule has 0 radical (unpaired) electrons. The quantitative estimate of drug-likeness (QED) is 0.784. The summed E-state index contributed by atoms with van der Waals surface area (Å²) in [5, 5.41) is 6.64. The van der Waals surface area contributed by atoms with Crippen molar-refractivity contribution in [3.05, 3.63) is 57.2 Å². The minimum Gasteiger partial charge on any atom is -0.307 e. The highest BCUT2D eigenvalue weighted by Gasteiger charge is 2.13. The monoisotopic (exact) mass is 293 g/mol. The van der Waals surface area contributed by atoms with Gasteiger partial charge in [-0.1, -0.05) is 36.7 Å². The third-order valence-electron chi connectivity index (χ3n) is 3.25. The molecule has 1 N–H and O–H groups in total. The minimum absolute atomic E-state index is 0.396. The molecule has 0 fully saturated rings. The highest BCUT2D eigenvalue weighted by molar-refractivity contribution is 7.09. The summed E-state index contributed by atoms with van der Waals surface area (Å²) in [6, 6.07) is 13.3. The van der Waals surface area contributed by atoms with Crippen molar-refractivity contribution < 1.29 is 0 Å². The number of hydrogen-bond acceptors (Lipinski definition) is 2. The molecule has 1 aromatic heterocycles. The van der Waals surface area contributed by atoms with Crippen molar-refractivity contribution >= 4 is 22.9 Å². The van der Waals surface area contributed by atoms with Gasteiger partial charge in [0, 0.05) is 22.0 Å². The molecule has 19 heavy (non-hydrogen) atoms. The maximum Gasteiger partial charge on any atom is 0.0406 e. The first-order chi connectivity index (χ1) is 9.19. The van der Waals surface area contributed by atoms with Gasteiger partial charge in [0.25, 0.3) is 0 Å². The van der Waals surface area contributed by atoms with Gasteiger partial charge in [-0.2, -0.15) is 0 Å². The smallest absolute Gasteiger partial charge is 0.0406 e. The maximum atomic E-state index is 5.94. The van der Waals surface area contributed by atoms with Crippen molar-refractivity contribution in [3.63, 3.8) is 0 Å². The van der Waals surface area contributed by atoms with Crippen LogP contribution in [0.2, 0.25) is 5.02 Å². The topological polar surface area (TPSA) is 12.0 Å². The third kappa shape index (κ3) is 4.34. The second kappa shape index (κ2) is 7.09. The van der Waals surface area contributed by atoms with E-state index in [0.717, 1.165) is 17.9 Å². The van der Waals surface area contributed by atoms with Crippen LogP contribution >= 0.6 is 22.9 Å². The predicted molar refractivity (Wildman–Crippen MR) is 85.1 cm³/mol. The van der Waals surface area contributed by atoms with Gasteiger partial charge in [-0.3, -0.25) is 0 Å². The fourth-order valence-electron chi connectivity index (χ4n) is 2.28. The second-order valence-corrected chi connectivity index (χ2v) is 6.33. The number of nitrogens with one attached hydrogen (secondary N) is 1. The summed E-state index contributed by atoms with van der Waals surface area (Å²) in [7, 11) is 0. The summed E-state index contributed by atoms with van der Waals surface area (Å²) >= 11 is 7.77. The molecule has 0 bridgehead atoms.